The summed E-state index contributed by atoms with van der Waals surface area (Å²) in [5, 5.41) is 4.57. The summed E-state index contributed by atoms with van der Waals surface area (Å²) in [6.07, 6.45) is 4.42. The van der Waals surface area contributed by atoms with Gasteiger partial charge in [-0.1, -0.05) is 24.6 Å². The van der Waals surface area contributed by atoms with E-state index in [1.54, 1.807) is 23.0 Å². The molecule has 18 heavy (non-hydrogen) atoms. The van der Waals surface area contributed by atoms with E-state index in [0.29, 0.717) is 17.1 Å². The van der Waals surface area contributed by atoms with Crippen molar-refractivity contribution >= 4 is 11.6 Å². The molecular formula is C13H15ClFN3. The summed E-state index contributed by atoms with van der Waals surface area (Å²) in [7, 11) is 0. The SMILES string of the molecule is CCC(N)c1cnn(Cc2ccc(Cl)cc2F)c1. The van der Waals surface area contributed by atoms with Crippen molar-refractivity contribution in [1.29, 1.82) is 0 Å². The molecule has 0 aliphatic rings. The number of aromatic nitrogens is 2. The van der Waals surface area contributed by atoms with E-state index < -0.39 is 0 Å². The summed E-state index contributed by atoms with van der Waals surface area (Å²) in [5.41, 5.74) is 7.43. The first kappa shape index (κ1) is 13.1. The highest BCUT2D eigenvalue weighted by Gasteiger charge is 2.08. The number of nitrogens with two attached hydrogens (primary N) is 1. The summed E-state index contributed by atoms with van der Waals surface area (Å²) in [6, 6.07) is 4.62. The first-order chi connectivity index (χ1) is 8.60. The van der Waals surface area contributed by atoms with Crippen molar-refractivity contribution in [3.63, 3.8) is 0 Å². The molecule has 1 aromatic carbocycles. The van der Waals surface area contributed by atoms with Crippen molar-refractivity contribution in [2.24, 2.45) is 5.73 Å². The predicted octanol–water partition coefficient (Wildman–Crippen LogP) is 3.13. The molecule has 1 unspecified atom stereocenters. The van der Waals surface area contributed by atoms with Crippen molar-refractivity contribution in [3.05, 3.63) is 52.6 Å². The molecule has 96 valence electrons. The van der Waals surface area contributed by atoms with Gasteiger partial charge in [0, 0.05) is 28.4 Å². The van der Waals surface area contributed by atoms with Crippen LogP contribution in [-0.4, -0.2) is 9.78 Å². The molecule has 1 heterocycles. The van der Waals surface area contributed by atoms with E-state index in [0.717, 1.165) is 12.0 Å². The van der Waals surface area contributed by atoms with Crippen molar-refractivity contribution in [2.45, 2.75) is 25.9 Å². The average Bonchev–Trinajstić information content (AvgIpc) is 2.80. The van der Waals surface area contributed by atoms with Gasteiger partial charge in [0.05, 0.1) is 12.7 Å². The van der Waals surface area contributed by atoms with Gasteiger partial charge in [-0.3, -0.25) is 4.68 Å². The zero-order chi connectivity index (χ0) is 13.1. The van der Waals surface area contributed by atoms with E-state index in [9.17, 15) is 4.39 Å². The molecule has 0 aliphatic carbocycles. The van der Waals surface area contributed by atoms with E-state index in [1.165, 1.54) is 6.07 Å². The Morgan fingerprint density at radius 1 is 1.50 bits per heavy atom. The van der Waals surface area contributed by atoms with Gasteiger partial charge in [-0.25, -0.2) is 4.39 Å². The van der Waals surface area contributed by atoms with Crippen LogP contribution in [0.15, 0.2) is 30.6 Å². The van der Waals surface area contributed by atoms with Gasteiger partial charge in [0.1, 0.15) is 5.82 Å². The fraction of sp³-hybridized carbons (Fsp3) is 0.308. The molecule has 2 aromatic rings. The molecule has 3 nitrogen and oxygen atoms in total. The summed E-state index contributed by atoms with van der Waals surface area (Å²) >= 11 is 5.71. The zero-order valence-corrected chi connectivity index (χ0v) is 10.9. The molecule has 1 aromatic heterocycles. The van der Waals surface area contributed by atoms with Crippen LogP contribution in [0.4, 0.5) is 4.39 Å². The smallest absolute Gasteiger partial charge is 0.129 e. The van der Waals surface area contributed by atoms with Crippen LogP contribution in [0.5, 0.6) is 0 Å². The Morgan fingerprint density at radius 3 is 2.94 bits per heavy atom. The van der Waals surface area contributed by atoms with Gasteiger partial charge in [0.15, 0.2) is 0 Å². The van der Waals surface area contributed by atoms with Gasteiger partial charge >= 0.3 is 0 Å². The third-order valence-electron chi connectivity index (χ3n) is 2.87. The summed E-state index contributed by atoms with van der Waals surface area (Å²) in [4.78, 5) is 0. The lowest BCUT2D eigenvalue weighted by Gasteiger charge is -2.05. The van der Waals surface area contributed by atoms with Crippen LogP contribution in [0, 0.1) is 5.82 Å². The minimum Gasteiger partial charge on any atom is -0.324 e. The number of nitrogens with zero attached hydrogens (tertiary/aromatic N) is 2. The second kappa shape index (κ2) is 5.50. The molecule has 0 aliphatic heterocycles. The Labute approximate surface area is 110 Å². The van der Waals surface area contributed by atoms with E-state index in [1.807, 2.05) is 13.1 Å². The van der Waals surface area contributed by atoms with E-state index in [4.69, 9.17) is 17.3 Å². The van der Waals surface area contributed by atoms with Crippen LogP contribution in [0.25, 0.3) is 0 Å². The van der Waals surface area contributed by atoms with Crippen LogP contribution in [0.1, 0.15) is 30.5 Å². The average molecular weight is 268 g/mol. The lowest BCUT2D eigenvalue weighted by atomic mass is 10.1. The highest BCUT2D eigenvalue weighted by atomic mass is 35.5. The fourth-order valence-corrected chi connectivity index (χ4v) is 1.88. The lowest BCUT2D eigenvalue weighted by molar-refractivity contribution is 0.584. The molecule has 0 saturated carbocycles. The Bertz CT molecular complexity index is 539. The Kier molecular flexibility index (Phi) is 3.99. The van der Waals surface area contributed by atoms with Gasteiger partial charge in [-0.15, -0.1) is 0 Å². The van der Waals surface area contributed by atoms with Gasteiger partial charge in [0.2, 0.25) is 0 Å². The summed E-state index contributed by atoms with van der Waals surface area (Å²) in [6.45, 7) is 2.39. The fourth-order valence-electron chi connectivity index (χ4n) is 1.72. The van der Waals surface area contributed by atoms with Crippen LogP contribution >= 0.6 is 11.6 Å². The first-order valence-electron chi connectivity index (χ1n) is 5.82. The van der Waals surface area contributed by atoms with Crippen LogP contribution in [0.2, 0.25) is 5.02 Å². The summed E-state index contributed by atoms with van der Waals surface area (Å²) < 4.78 is 15.3. The zero-order valence-electron chi connectivity index (χ0n) is 10.1. The number of hydrogen-bond donors (Lipinski definition) is 1. The Balaban J connectivity index is 2.16. The molecule has 0 radical (unpaired) electrons. The standard InChI is InChI=1S/C13H15ClFN3/c1-2-13(16)10-6-17-18(8-10)7-9-3-4-11(14)5-12(9)15/h3-6,8,13H,2,7,16H2,1H3. The van der Waals surface area contributed by atoms with Crippen molar-refractivity contribution in [3.8, 4) is 0 Å². The lowest BCUT2D eigenvalue weighted by Crippen LogP contribution is -2.07. The van der Waals surface area contributed by atoms with Crippen molar-refractivity contribution < 1.29 is 4.39 Å². The number of rotatable bonds is 4. The molecule has 0 saturated heterocycles. The van der Waals surface area contributed by atoms with Gasteiger partial charge in [0.25, 0.3) is 0 Å². The second-order valence-corrected chi connectivity index (χ2v) is 4.66. The molecule has 0 bridgehead atoms. The molecule has 2 N–H and O–H groups in total. The molecule has 0 spiro atoms. The molecule has 5 heteroatoms. The van der Waals surface area contributed by atoms with Crippen LogP contribution in [-0.2, 0) is 6.54 Å². The number of hydrogen-bond acceptors (Lipinski definition) is 2. The quantitative estimate of drug-likeness (QED) is 0.925. The Morgan fingerprint density at radius 2 is 2.28 bits per heavy atom. The maximum Gasteiger partial charge on any atom is 0.129 e. The normalized spacial score (nSPS) is 12.7. The van der Waals surface area contributed by atoms with Crippen molar-refractivity contribution in [1.82, 2.24) is 9.78 Å². The topological polar surface area (TPSA) is 43.8 Å². The predicted molar refractivity (Wildman–Crippen MR) is 70.0 cm³/mol. The van der Waals surface area contributed by atoms with E-state index in [2.05, 4.69) is 5.10 Å². The van der Waals surface area contributed by atoms with E-state index >= 15 is 0 Å². The maximum absolute atomic E-state index is 13.6. The molecular weight excluding hydrogens is 253 g/mol. The maximum atomic E-state index is 13.6. The second-order valence-electron chi connectivity index (χ2n) is 4.22. The molecule has 2 rings (SSSR count). The minimum absolute atomic E-state index is 0.0196. The van der Waals surface area contributed by atoms with Gasteiger partial charge < -0.3 is 5.73 Å². The molecule has 0 fully saturated rings. The highest BCUT2D eigenvalue weighted by molar-refractivity contribution is 6.30. The third-order valence-corrected chi connectivity index (χ3v) is 3.10. The summed E-state index contributed by atoms with van der Waals surface area (Å²) in [5.74, 6) is -0.320. The van der Waals surface area contributed by atoms with E-state index in [-0.39, 0.29) is 11.9 Å². The monoisotopic (exact) mass is 267 g/mol. The molecule has 1 atom stereocenters. The van der Waals surface area contributed by atoms with Crippen LogP contribution < -0.4 is 5.73 Å². The number of benzene rings is 1. The minimum atomic E-state index is -0.320. The van der Waals surface area contributed by atoms with Crippen molar-refractivity contribution in [2.75, 3.05) is 0 Å². The first-order valence-corrected chi connectivity index (χ1v) is 6.19. The largest absolute Gasteiger partial charge is 0.324 e. The number of halogens is 2. The Hall–Kier alpha value is -1.39. The van der Waals surface area contributed by atoms with Crippen LogP contribution in [0.3, 0.4) is 0 Å². The van der Waals surface area contributed by atoms with Gasteiger partial charge in [-0.2, -0.15) is 5.10 Å². The third kappa shape index (κ3) is 2.89. The highest BCUT2D eigenvalue weighted by Crippen LogP contribution is 2.17. The van der Waals surface area contributed by atoms with Gasteiger partial charge in [-0.05, 0) is 18.6 Å². The molecule has 0 amide bonds.